The van der Waals surface area contributed by atoms with E-state index in [4.69, 9.17) is 4.99 Å². The predicted molar refractivity (Wildman–Crippen MR) is 97.3 cm³/mol. The summed E-state index contributed by atoms with van der Waals surface area (Å²) >= 11 is 0. The zero-order chi connectivity index (χ0) is 16.2. The molecule has 0 bridgehead atoms. The molecule has 2 N–H and O–H groups in total. The van der Waals surface area contributed by atoms with Crippen molar-refractivity contribution < 1.29 is 0 Å². The Kier molecular flexibility index (Phi) is 5.21. The van der Waals surface area contributed by atoms with Gasteiger partial charge < -0.3 is 15.2 Å². The van der Waals surface area contributed by atoms with Crippen LogP contribution in [-0.4, -0.2) is 34.9 Å². The van der Waals surface area contributed by atoms with Gasteiger partial charge in [-0.15, -0.1) is 0 Å². The highest BCUT2D eigenvalue weighted by Crippen LogP contribution is 2.29. The number of aromatic nitrogens is 1. The van der Waals surface area contributed by atoms with Crippen molar-refractivity contribution in [2.24, 2.45) is 4.99 Å². The molecule has 1 fully saturated rings. The first-order valence-corrected chi connectivity index (χ1v) is 9.05. The number of rotatable bonds is 4. The summed E-state index contributed by atoms with van der Waals surface area (Å²) in [6.07, 6.45) is 14.0. The van der Waals surface area contributed by atoms with Crippen LogP contribution in [0.15, 0.2) is 23.3 Å². The van der Waals surface area contributed by atoms with Gasteiger partial charge in [-0.2, -0.15) is 0 Å². The Morgan fingerprint density at radius 2 is 2.13 bits per heavy atom. The fraction of sp³-hybridized carbons (Fsp3) is 0.632. The highest BCUT2D eigenvalue weighted by Gasteiger charge is 2.22. The molecule has 126 valence electrons. The first-order valence-electron chi connectivity index (χ1n) is 9.05. The highest BCUT2D eigenvalue weighted by atomic mass is 15.2. The SMILES string of the molecule is CC(C)NCc1c[nH]c2c1N=C(N(C)C1CCCC1)/C=C\CC2. The molecule has 0 aromatic carbocycles. The van der Waals surface area contributed by atoms with Gasteiger partial charge >= 0.3 is 0 Å². The third kappa shape index (κ3) is 3.86. The molecule has 0 saturated heterocycles. The smallest absolute Gasteiger partial charge is 0.128 e. The van der Waals surface area contributed by atoms with Crippen LogP contribution in [0, 0.1) is 0 Å². The van der Waals surface area contributed by atoms with Crippen LogP contribution in [0.3, 0.4) is 0 Å². The van der Waals surface area contributed by atoms with Crippen molar-refractivity contribution >= 4 is 11.5 Å². The average Bonchev–Trinajstić information content (AvgIpc) is 3.14. The quantitative estimate of drug-likeness (QED) is 0.884. The van der Waals surface area contributed by atoms with E-state index < -0.39 is 0 Å². The average molecular weight is 314 g/mol. The van der Waals surface area contributed by atoms with Gasteiger partial charge in [-0.25, -0.2) is 4.99 Å². The lowest BCUT2D eigenvalue weighted by Crippen LogP contribution is -2.34. The number of likely N-dealkylation sites (N-methyl/N-ethyl adjacent to an activating group) is 1. The van der Waals surface area contributed by atoms with Crippen molar-refractivity contribution in [1.29, 1.82) is 0 Å². The van der Waals surface area contributed by atoms with Crippen molar-refractivity contribution in [3.63, 3.8) is 0 Å². The zero-order valence-electron chi connectivity index (χ0n) is 14.7. The van der Waals surface area contributed by atoms with E-state index in [-0.39, 0.29) is 0 Å². The second kappa shape index (κ2) is 7.35. The first-order chi connectivity index (χ1) is 11.1. The van der Waals surface area contributed by atoms with Crippen molar-refractivity contribution in [1.82, 2.24) is 15.2 Å². The molecule has 0 unspecified atom stereocenters. The summed E-state index contributed by atoms with van der Waals surface area (Å²) in [5, 5.41) is 3.51. The monoisotopic (exact) mass is 314 g/mol. The van der Waals surface area contributed by atoms with Crippen LogP contribution in [0.5, 0.6) is 0 Å². The van der Waals surface area contributed by atoms with Gasteiger partial charge in [0.2, 0.25) is 0 Å². The van der Waals surface area contributed by atoms with Gasteiger partial charge in [-0.05, 0) is 31.8 Å². The minimum Gasteiger partial charge on any atom is -0.363 e. The summed E-state index contributed by atoms with van der Waals surface area (Å²) in [5.41, 5.74) is 3.70. The molecule has 1 aliphatic carbocycles. The molecule has 2 aliphatic rings. The number of aromatic amines is 1. The highest BCUT2D eigenvalue weighted by molar-refractivity contribution is 5.95. The molecule has 1 aliphatic heterocycles. The molecule has 1 aromatic heterocycles. The largest absolute Gasteiger partial charge is 0.363 e. The van der Waals surface area contributed by atoms with Crippen LogP contribution in [0.1, 0.15) is 57.2 Å². The van der Waals surface area contributed by atoms with Crippen LogP contribution < -0.4 is 5.32 Å². The number of H-pyrrole nitrogens is 1. The maximum Gasteiger partial charge on any atom is 0.128 e. The summed E-state index contributed by atoms with van der Waals surface area (Å²) in [5.74, 6) is 1.11. The van der Waals surface area contributed by atoms with Gasteiger partial charge in [0.15, 0.2) is 0 Å². The number of aryl methyl sites for hydroxylation is 1. The first kappa shape index (κ1) is 16.3. The Morgan fingerprint density at radius 1 is 1.35 bits per heavy atom. The molecule has 4 heteroatoms. The summed E-state index contributed by atoms with van der Waals surface area (Å²) in [6, 6.07) is 1.14. The standard InChI is InChI=1S/C19H30N4/c1-14(2)20-12-15-13-21-17-10-6-7-11-18(22-19(15)17)23(3)16-8-4-5-9-16/h7,11,13-14,16,20-21H,4-6,8-10,12H2,1-3H3/b11-7-,22-18?. The normalized spacial score (nSPS) is 20.1. The topological polar surface area (TPSA) is 43.4 Å². The Bertz CT molecular complexity index is 576. The maximum absolute atomic E-state index is 5.07. The molecular weight excluding hydrogens is 284 g/mol. The number of nitrogens with one attached hydrogen (secondary N) is 2. The Morgan fingerprint density at radius 3 is 2.87 bits per heavy atom. The van der Waals surface area contributed by atoms with Gasteiger partial charge in [0.25, 0.3) is 0 Å². The van der Waals surface area contributed by atoms with Crippen LogP contribution in [0.4, 0.5) is 5.69 Å². The Labute approximate surface area is 140 Å². The number of nitrogens with zero attached hydrogens (tertiary/aromatic N) is 2. The van der Waals surface area contributed by atoms with Gasteiger partial charge in [0, 0.05) is 43.1 Å². The number of amidine groups is 1. The van der Waals surface area contributed by atoms with Crippen LogP contribution in [0.25, 0.3) is 0 Å². The molecule has 0 spiro atoms. The van der Waals surface area contributed by atoms with Gasteiger partial charge in [0.05, 0.1) is 5.69 Å². The lowest BCUT2D eigenvalue weighted by molar-refractivity contribution is 0.373. The van der Waals surface area contributed by atoms with Crippen LogP contribution in [-0.2, 0) is 13.0 Å². The number of fused-ring (bicyclic) bond motifs is 1. The van der Waals surface area contributed by atoms with Crippen LogP contribution >= 0.6 is 0 Å². The molecule has 1 saturated carbocycles. The van der Waals surface area contributed by atoms with Gasteiger partial charge in [0.1, 0.15) is 5.84 Å². The fourth-order valence-electron chi connectivity index (χ4n) is 3.53. The number of hydrogen-bond donors (Lipinski definition) is 2. The minimum atomic E-state index is 0.485. The minimum absolute atomic E-state index is 0.485. The van der Waals surface area contributed by atoms with Crippen molar-refractivity contribution in [2.75, 3.05) is 7.05 Å². The van der Waals surface area contributed by atoms with Crippen molar-refractivity contribution in [3.8, 4) is 0 Å². The summed E-state index contributed by atoms with van der Waals surface area (Å²) in [7, 11) is 2.21. The van der Waals surface area contributed by atoms with Gasteiger partial charge in [-0.3, -0.25) is 0 Å². The summed E-state index contributed by atoms with van der Waals surface area (Å²) < 4.78 is 0. The predicted octanol–water partition coefficient (Wildman–Crippen LogP) is 3.92. The number of allylic oxidation sites excluding steroid dienone is 1. The van der Waals surface area contributed by atoms with E-state index in [9.17, 15) is 0 Å². The molecule has 1 aromatic rings. The zero-order valence-corrected chi connectivity index (χ0v) is 14.7. The Hall–Kier alpha value is -1.55. The fourth-order valence-corrected chi connectivity index (χ4v) is 3.53. The third-order valence-electron chi connectivity index (χ3n) is 5.00. The van der Waals surface area contributed by atoms with E-state index in [1.54, 1.807) is 0 Å². The Balaban J connectivity index is 1.87. The van der Waals surface area contributed by atoms with E-state index in [1.165, 1.54) is 36.9 Å². The third-order valence-corrected chi connectivity index (χ3v) is 5.00. The molecule has 0 radical (unpaired) electrons. The summed E-state index contributed by atoms with van der Waals surface area (Å²) in [6.45, 7) is 5.24. The molecule has 4 nitrogen and oxygen atoms in total. The lowest BCUT2D eigenvalue weighted by atomic mass is 10.1. The van der Waals surface area contributed by atoms with E-state index in [0.29, 0.717) is 12.1 Å². The second-order valence-corrected chi connectivity index (χ2v) is 7.14. The number of hydrogen-bond acceptors (Lipinski definition) is 3. The van der Waals surface area contributed by atoms with E-state index in [1.807, 2.05) is 0 Å². The van der Waals surface area contributed by atoms with Crippen LogP contribution in [0.2, 0.25) is 0 Å². The van der Waals surface area contributed by atoms with Gasteiger partial charge in [-0.1, -0.05) is 32.8 Å². The molecule has 2 heterocycles. The van der Waals surface area contributed by atoms with Crippen molar-refractivity contribution in [2.45, 2.75) is 71.0 Å². The van der Waals surface area contributed by atoms with Crippen molar-refractivity contribution in [3.05, 3.63) is 29.6 Å². The maximum atomic E-state index is 5.07. The second-order valence-electron chi connectivity index (χ2n) is 7.14. The molecule has 3 rings (SSSR count). The summed E-state index contributed by atoms with van der Waals surface area (Å²) in [4.78, 5) is 10.9. The molecule has 0 atom stereocenters. The molecule has 23 heavy (non-hydrogen) atoms. The van der Waals surface area contributed by atoms with E-state index >= 15 is 0 Å². The molecular formula is C19H30N4. The lowest BCUT2D eigenvalue weighted by Gasteiger charge is -2.27. The number of aliphatic imine (C=N–C) groups is 1. The molecule has 0 amide bonds. The van der Waals surface area contributed by atoms with E-state index in [0.717, 1.165) is 30.9 Å². The van der Waals surface area contributed by atoms with E-state index in [2.05, 4.69) is 54.4 Å².